The number of amidine groups is 1. The summed E-state index contributed by atoms with van der Waals surface area (Å²) in [6.07, 6.45) is 9.40. The Bertz CT molecular complexity index is 267. The van der Waals surface area contributed by atoms with Crippen LogP contribution in [0.15, 0.2) is 47.2 Å². The van der Waals surface area contributed by atoms with Gasteiger partial charge in [0.2, 0.25) is 0 Å². The summed E-state index contributed by atoms with van der Waals surface area (Å²) >= 11 is 4.12. The molecular weight excluding hydrogens is 194 g/mol. The highest BCUT2D eigenvalue weighted by atomic mass is 32.1. The molecule has 0 aliphatic heterocycles. The minimum Gasteiger partial charge on any atom is -0.349 e. The van der Waals surface area contributed by atoms with Gasteiger partial charge >= 0.3 is 0 Å². The van der Waals surface area contributed by atoms with Gasteiger partial charge in [-0.15, -0.1) is 17.7 Å². The summed E-state index contributed by atoms with van der Waals surface area (Å²) in [5.41, 5.74) is 0. The number of nitrogens with zero attached hydrogens (tertiary/aromatic N) is 3. The van der Waals surface area contributed by atoms with E-state index in [1.165, 1.54) is 0 Å². The third-order valence-electron chi connectivity index (χ3n) is 1.38. The van der Waals surface area contributed by atoms with Gasteiger partial charge in [-0.3, -0.25) is 0 Å². The molecule has 0 rings (SSSR count). The molecule has 0 aromatic carbocycles. The maximum Gasteiger partial charge on any atom is 0.182 e. The SMILES string of the molecule is C=C/C=C\C=C/CN(C)/C(S)=N\N=C. The molecule has 0 radical (unpaired) electrons. The molecule has 0 unspecified atom stereocenters. The number of rotatable bonds is 5. The van der Waals surface area contributed by atoms with Crippen LogP contribution in [0.5, 0.6) is 0 Å². The van der Waals surface area contributed by atoms with Crippen LogP contribution in [0.4, 0.5) is 0 Å². The Morgan fingerprint density at radius 1 is 1.43 bits per heavy atom. The van der Waals surface area contributed by atoms with Crippen LogP contribution >= 0.6 is 12.6 Å². The molecule has 0 heterocycles. The van der Waals surface area contributed by atoms with Crippen molar-refractivity contribution in [3.8, 4) is 0 Å². The van der Waals surface area contributed by atoms with Gasteiger partial charge in [0.25, 0.3) is 0 Å². The van der Waals surface area contributed by atoms with E-state index < -0.39 is 0 Å². The summed E-state index contributed by atoms with van der Waals surface area (Å²) in [4.78, 5) is 1.84. The molecule has 76 valence electrons. The summed E-state index contributed by atoms with van der Waals surface area (Å²) in [5, 5.41) is 7.61. The van der Waals surface area contributed by atoms with E-state index in [4.69, 9.17) is 0 Å². The third kappa shape index (κ3) is 6.25. The van der Waals surface area contributed by atoms with E-state index >= 15 is 0 Å². The van der Waals surface area contributed by atoms with Crippen molar-refractivity contribution < 1.29 is 0 Å². The zero-order valence-corrected chi connectivity index (χ0v) is 9.19. The summed E-state index contributed by atoms with van der Waals surface area (Å²) in [6, 6.07) is 0. The van der Waals surface area contributed by atoms with Crippen LogP contribution in [0, 0.1) is 0 Å². The molecule has 0 aromatic heterocycles. The van der Waals surface area contributed by atoms with Gasteiger partial charge in [-0.25, -0.2) is 0 Å². The lowest BCUT2D eigenvalue weighted by Gasteiger charge is -2.13. The normalized spacial score (nSPS) is 12.3. The summed E-state index contributed by atoms with van der Waals surface area (Å²) < 4.78 is 0. The Hall–Kier alpha value is -1.29. The van der Waals surface area contributed by atoms with Gasteiger partial charge in [0.15, 0.2) is 5.17 Å². The summed E-state index contributed by atoms with van der Waals surface area (Å²) in [5.74, 6) is 0. The number of thiol groups is 1. The molecule has 0 aliphatic carbocycles. The minimum absolute atomic E-state index is 0.539. The highest BCUT2D eigenvalue weighted by molar-refractivity contribution is 7.96. The molecule has 0 saturated heterocycles. The van der Waals surface area contributed by atoms with E-state index in [0.29, 0.717) is 5.17 Å². The molecule has 0 fully saturated rings. The molecule has 0 spiro atoms. The summed E-state index contributed by atoms with van der Waals surface area (Å²) in [7, 11) is 1.87. The van der Waals surface area contributed by atoms with Crippen molar-refractivity contribution >= 4 is 24.5 Å². The first-order valence-electron chi connectivity index (χ1n) is 4.10. The molecule has 3 nitrogen and oxygen atoms in total. The van der Waals surface area contributed by atoms with Crippen molar-refractivity contribution in [2.75, 3.05) is 13.6 Å². The number of hydrogen-bond acceptors (Lipinski definition) is 2. The van der Waals surface area contributed by atoms with Gasteiger partial charge < -0.3 is 4.90 Å². The maximum atomic E-state index is 4.12. The monoisotopic (exact) mass is 209 g/mol. The van der Waals surface area contributed by atoms with E-state index in [1.807, 2.05) is 36.3 Å². The zero-order chi connectivity index (χ0) is 10.8. The number of allylic oxidation sites excluding steroid dienone is 4. The average Bonchev–Trinajstić information content (AvgIpc) is 2.17. The van der Waals surface area contributed by atoms with Crippen LogP contribution < -0.4 is 0 Å². The Morgan fingerprint density at radius 3 is 2.71 bits per heavy atom. The first-order chi connectivity index (χ1) is 6.72. The number of hydrogen-bond donors (Lipinski definition) is 1. The van der Waals surface area contributed by atoms with Crippen LogP contribution in [0.2, 0.25) is 0 Å². The van der Waals surface area contributed by atoms with E-state index in [1.54, 1.807) is 6.08 Å². The Balaban J connectivity index is 3.95. The van der Waals surface area contributed by atoms with E-state index in [-0.39, 0.29) is 0 Å². The molecular formula is C10H15N3S. The van der Waals surface area contributed by atoms with Gasteiger partial charge in [0.1, 0.15) is 0 Å². The van der Waals surface area contributed by atoms with Crippen molar-refractivity contribution in [1.82, 2.24) is 4.90 Å². The van der Waals surface area contributed by atoms with E-state index in [0.717, 1.165) is 6.54 Å². The standard InChI is InChI=1S/C10H15N3S/c1-4-5-6-7-8-9-13(3)10(14)12-11-2/h4-8H,1-2,9H2,3H3,(H,12,14)/b6-5-,8-7-. The summed E-state index contributed by atoms with van der Waals surface area (Å²) in [6.45, 7) is 7.54. The smallest absolute Gasteiger partial charge is 0.182 e. The zero-order valence-electron chi connectivity index (χ0n) is 8.30. The van der Waals surface area contributed by atoms with Crippen molar-refractivity contribution in [3.05, 3.63) is 37.0 Å². The van der Waals surface area contributed by atoms with Gasteiger partial charge in [-0.05, 0) is 0 Å². The first kappa shape index (κ1) is 12.7. The molecule has 14 heavy (non-hydrogen) atoms. The Labute approximate surface area is 90.6 Å². The van der Waals surface area contributed by atoms with Crippen LogP contribution in [-0.4, -0.2) is 30.4 Å². The van der Waals surface area contributed by atoms with Crippen molar-refractivity contribution in [3.63, 3.8) is 0 Å². The van der Waals surface area contributed by atoms with Crippen molar-refractivity contribution in [2.45, 2.75) is 0 Å². The Morgan fingerprint density at radius 2 is 2.14 bits per heavy atom. The second-order valence-corrected chi connectivity index (χ2v) is 2.87. The first-order valence-corrected chi connectivity index (χ1v) is 4.55. The van der Waals surface area contributed by atoms with Gasteiger partial charge in [-0.1, -0.05) is 37.0 Å². The second kappa shape index (κ2) is 8.31. The quantitative estimate of drug-likeness (QED) is 0.243. The van der Waals surface area contributed by atoms with Crippen LogP contribution in [0.3, 0.4) is 0 Å². The fourth-order valence-electron chi connectivity index (χ4n) is 0.661. The van der Waals surface area contributed by atoms with E-state index in [9.17, 15) is 0 Å². The molecule has 0 saturated carbocycles. The minimum atomic E-state index is 0.539. The largest absolute Gasteiger partial charge is 0.349 e. The van der Waals surface area contributed by atoms with Crippen molar-refractivity contribution in [2.24, 2.45) is 10.2 Å². The fraction of sp³-hybridized carbons (Fsp3) is 0.200. The molecule has 0 aromatic rings. The van der Waals surface area contributed by atoms with Crippen LogP contribution in [0.25, 0.3) is 0 Å². The molecule has 0 aliphatic rings. The van der Waals surface area contributed by atoms with E-state index in [2.05, 4.69) is 36.1 Å². The van der Waals surface area contributed by atoms with Crippen LogP contribution in [-0.2, 0) is 0 Å². The Kier molecular flexibility index (Phi) is 7.55. The predicted molar refractivity (Wildman–Crippen MR) is 67.1 cm³/mol. The lowest BCUT2D eigenvalue weighted by molar-refractivity contribution is 0.574. The topological polar surface area (TPSA) is 28.0 Å². The molecule has 0 bridgehead atoms. The van der Waals surface area contributed by atoms with Crippen LogP contribution in [0.1, 0.15) is 0 Å². The number of likely N-dealkylation sites (N-methyl/N-ethyl adjacent to an activating group) is 1. The third-order valence-corrected chi connectivity index (χ3v) is 1.81. The average molecular weight is 209 g/mol. The van der Waals surface area contributed by atoms with Gasteiger partial charge in [-0.2, -0.15) is 5.10 Å². The lowest BCUT2D eigenvalue weighted by Crippen LogP contribution is -2.22. The highest BCUT2D eigenvalue weighted by Gasteiger charge is 1.96. The maximum absolute atomic E-state index is 4.12. The highest BCUT2D eigenvalue weighted by Crippen LogP contribution is 1.94. The lowest BCUT2D eigenvalue weighted by atomic mass is 10.4. The predicted octanol–water partition coefficient (Wildman–Crippen LogP) is 2.12. The van der Waals surface area contributed by atoms with Gasteiger partial charge in [0.05, 0.1) is 0 Å². The fourth-order valence-corrected chi connectivity index (χ4v) is 0.806. The molecule has 4 heteroatoms. The molecule has 0 atom stereocenters. The van der Waals surface area contributed by atoms with Crippen molar-refractivity contribution in [1.29, 1.82) is 0 Å². The molecule has 0 amide bonds. The second-order valence-electron chi connectivity index (χ2n) is 2.47. The van der Waals surface area contributed by atoms with Gasteiger partial charge in [0, 0.05) is 20.3 Å². The molecule has 0 N–H and O–H groups in total.